The van der Waals surface area contributed by atoms with E-state index in [2.05, 4.69) is 32.4 Å². The fourth-order valence-corrected chi connectivity index (χ4v) is 4.94. The second-order valence-electron chi connectivity index (χ2n) is 8.36. The molecule has 1 fully saturated rings. The maximum atomic E-state index is 13.0. The van der Waals surface area contributed by atoms with Crippen molar-refractivity contribution in [3.05, 3.63) is 83.5 Å². The summed E-state index contributed by atoms with van der Waals surface area (Å²) in [6.45, 7) is 2.73. The molecular formula is C26H27N5O2S. The van der Waals surface area contributed by atoms with E-state index in [-0.39, 0.29) is 17.8 Å². The molecule has 34 heavy (non-hydrogen) atoms. The molecule has 0 radical (unpaired) electrons. The van der Waals surface area contributed by atoms with Gasteiger partial charge in [-0.15, -0.1) is 16.4 Å². The predicted molar refractivity (Wildman–Crippen MR) is 133 cm³/mol. The Kier molecular flexibility index (Phi) is 6.69. The molecule has 5 rings (SSSR count). The molecule has 1 N–H and O–H groups in total. The van der Waals surface area contributed by atoms with Gasteiger partial charge in [-0.2, -0.15) is 0 Å². The number of piperidine rings is 1. The lowest BCUT2D eigenvalue weighted by molar-refractivity contribution is 0.0898. The van der Waals surface area contributed by atoms with Gasteiger partial charge in [0.1, 0.15) is 5.75 Å². The molecule has 0 atom stereocenters. The van der Waals surface area contributed by atoms with Crippen molar-refractivity contribution >= 4 is 17.2 Å². The minimum Gasteiger partial charge on any atom is -0.497 e. The molecule has 2 aromatic heterocycles. The summed E-state index contributed by atoms with van der Waals surface area (Å²) >= 11 is 1.58. The van der Waals surface area contributed by atoms with Crippen LogP contribution in [0.4, 0.5) is 0 Å². The number of ether oxygens (including phenoxy) is 1. The number of likely N-dealkylation sites (tertiary alicyclic amines) is 1. The Morgan fingerprint density at radius 2 is 1.91 bits per heavy atom. The number of hydrogen-bond acceptors (Lipinski definition) is 6. The first-order valence-electron chi connectivity index (χ1n) is 11.4. The van der Waals surface area contributed by atoms with Crippen LogP contribution in [-0.4, -0.2) is 51.8 Å². The Bertz CT molecular complexity index is 1230. The van der Waals surface area contributed by atoms with Crippen molar-refractivity contribution in [3.63, 3.8) is 0 Å². The lowest BCUT2D eigenvalue weighted by Gasteiger charge is -2.32. The van der Waals surface area contributed by atoms with Gasteiger partial charge < -0.3 is 10.1 Å². The summed E-state index contributed by atoms with van der Waals surface area (Å²) in [6, 6.07) is 22.1. The van der Waals surface area contributed by atoms with Crippen LogP contribution in [0.15, 0.2) is 72.1 Å². The third-order valence-corrected chi connectivity index (χ3v) is 6.88. The first-order valence-corrected chi connectivity index (χ1v) is 12.3. The summed E-state index contributed by atoms with van der Waals surface area (Å²) in [6.07, 6.45) is 1.79. The summed E-state index contributed by atoms with van der Waals surface area (Å²) < 4.78 is 7.08. The quantitative estimate of drug-likeness (QED) is 0.431. The topological polar surface area (TPSA) is 72.3 Å². The van der Waals surface area contributed by atoms with Gasteiger partial charge in [-0.3, -0.25) is 9.69 Å². The molecule has 7 nitrogen and oxygen atoms in total. The van der Waals surface area contributed by atoms with Crippen LogP contribution >= 0.6 is 11.3 Å². The molecule has 8 heteroatoms. The molecule has 1 saturated heterocycles. The summed E-state index contributed by atoms with van der Waals surface area (Å²) in [4.78, 5) is 21.0. The number of carbonyl (C=O) groups excluding carboxylic acids is 1. The zero-order valence-corrected chi connectivity index (χ0v) is 19.9. The van der Waals surface area contributed by atoms with Crippen LogP contribution in [0, 0.1) is 0 Å². The summed E-state index contributed by atoms with van der Waals surface area (Å²) in [5.41, 5.74) is 2.11. The Hall–Kier alpha value is -3.49. The number of carbonyl (C=O) groups is 1. The van der Waals surface area contributed by atoms with Crippen molar-refractivity contribution < 1.29 is 9.53 Å². The van der Waals surface area contributed by atoms with Crippen molar-refractivity contribution in [1.82, 2.24) is 25.0 Å². The van der Waals surface area contributed by atoms with Crippen molar-refractivity contribution in [3.8, 4) is 22.1 Å². The number of rotatable bonds is 7. The van der Waals surface area contributed by atoms with Crippen LogP contribution in [-0.2, 0) is 6.54 Å². The summed E-state index contributed by atoms with van der Waals surface area (Å²) in [7, 11) is 1.69. The van der Waals surface area contributed by atoms with E-state index < -0.39 is 0 Å². The van der Waals surface area contributed by atoms with Crippen LogP contribution in [0.2, 0.25) is 0 Å². The molecule has 0 unspecified atom stereocenters. The highest BCUT2D eigenvalue weighted by atomic mass is 32.1. The average molecular weight is 474 g/mol. The normalized spacial score (nSPS) is 14.7. The third-order valence-electron chi connectivity index (χ3n) is 6.02. The highest BCUT2D eigenvalue weighted by Gasteiger charge is 2.24. The van der Waals surface area contributed by atoms with Crippen LogP contribution in [0.25, 0.3) is 16.4 Å². The van der Waals surface area contributed by atoms with E-state index in [9.17, 15) is 4.79 Å². The largest absolute Gasteiger partial charge is 0.497 e. The Morgan fingerprint density at radius 3 is 2.65 bits per heavy atom. The second-order valence-corrected chi connectivity index (χ2v) is 9.31. The van der Waals surface area contributed by atoms with Gasteiger partial charge in [-0.25, -0.2) is 9.67 Å². The first-order chi connectivity index (χ1) is 16.7. The zero-order chi connectivity index (χ0) is 23.3. The molecule has 1 aliphatic rings. The molecule has 1 aliphatic heterocycles. The standard InChI is InChI=1S/C26H27N5O2S/c1-33-22-10-5-7-19(17-22)18-30-14-12-20(13-15-30)27-26(32)24-28-25(23-11-6-16-34-23)31(29-24)21-8-3-2-4-9-21/h2-11,16-17,20H,12-15,18H2,1H3,(H,27,32). The van der Waals surface area contributed by atoms with Crippen molar-refractivity contribution in [2.75, 3.05) is 20.2 Å². The van der Waals surface area contributed by atoms with E-state index in [1.165, 1.54) is 5.56 Å². The molecule has 174 valence electrons. The second kappa shape index (κ2) is 10.2. The van der Waals surface area contributed by atoms with Crippen LogP contribution in [0.5, 0.6) is 5.75 Å². The molecular weight excluding hydrogens is 446 g/mol. The fraction of sp³-hybridized carbons (Fsp3) is 0.269. The molecule has 0 aliphatic carbocycles. The number of para-hydroxylation sites is 1. The number of hydrogen-bond donors (Lipinski definition) is 1. The Morgan fingerprint density at radius 1 is 1.09 bits per heavy atom. The zero-order valence-electron chi connectivity index (χ0n) is 19.1. The minimum atomic E-state index is -0.223. The number of aromatic nitrogens is 3. The van der Waals surface area contributed by atoms with Gasteiger partial charge in [0.25, 0.3) is 5.91 Å². The third kappa shape index (κ3) is 5.03. The smallest absolute Gasteiger partial charge is 0.291 e. The maximum absolute atomic E-state index is 13.0. The predicted octanol–water partition coefficient (Wildman–Crippen LogP) is 4.40. The van der Waals surface area contributed by atoms with Crippen LogP contribution < -0.4 is 10.1 Å². The molecule has 1 amide bonds. The number of methoxy groups -OCH3 is 1. The van der Waals surface area contributed by atoms with Crippen molar-refractivity contribution in [1.29, 1.82) is 0 Å². The Balaban J connectivity index is 1.24. The summed E-state index contributed by atoms with van der Waals surface area (Å²) in [5, 5.41) is 9.72. The maximum Gasteiger partial charge on any atom is 0.291 e. The number of nitrogens with zero attached hydrogens (tertiary/aromatic N) is 4. The van der Waals surface area contributed by atoms with Gasteiger partial charge in [0.2, 0.25) is 5.82 Å². The van der Waals surface area contributed by atoms with E-state index in [1.54, 1.807) is 23.1 Å². The SMILES string of the molecule is COc1cccc(CN2CCC(NC(=O)c3nc(-c4cccs4)n(-c4ccccc4)n3)CC2)c1. The number of amides is 1. The van der Waals surface area contributed by atoms with Crippen molar-refractivity contribution in [2.24, 2.45) is 0 Å². The van der Waals surface area contributed by atoms with Gasteiger partial charge in [0, 0.05) is 25.7 Å². The Labute approximate surface area is 203 Å². The highest BCUT2D eigenvalue weighted by molar-refractivity contribution is 7.13. The van der Waals surface area contributed by atoms with Crippen LogP contribution in [0.3, 0.4) is 0 Å². The number of nitrogens with one attached hydrogen (secondary N) is 1. The van der Waals surface area contributed by atoms with Gasteiger partial charge >= 0.3 is 0 Å². The summed E-state index contributed by atoms with van der Waals surface area (Å²) in [5.74, 6) is 1.54. The molecule has 2 aromatic carbocycles. The van der Waals surface area contributed by atoms with E-state index in [0.29, 0.717) is 5.82 Å². The van der Waals surface area contributed by atoms with E-state index in [4.69, 9.17) is 4.74 Å². The molecule has 0 bridgehead atoms. The lowest BCUT2D eigenvalue weighted by Crippen LogP contribution is -2.44. The lowest BCUT2D eigenvalue weighted by atomic mass is 10.0. The van der Waals surface area contributed by atoms with Gasteiger partial charge in [0.15, 0.2) is 5.82 Å². The van der Waals surface area contributed by atoms with E-state index >= 15 is 0 Å². The highest BCUT2D eigenvalue weighted by Crippen LogP contribution is 2.25. The van der Waals surface area contributed by atoms with Crippen LogP contribution in [0.1, 0.15) is 29.0 Å². The van der Waals surface area contributed by atoms with E-state index in [0.717, 1.165) is 48.8 Å². The number of benzene rings is 2. The molecule has 4 aromatic rings. The van der Waals surface area contributed by atoms with Gasteiger partial charge in [-0.1, -0.05) is 36.4 Å². The number of thiophene rings is 1. The van der Waals surface area contributed by atoms with E-state index in [1.807, 2.05) is 60.0 Å². The molecule has 0 spiro atoms. The molecule has 3 heterocycles. The monoisotopic (exact) mass is 473 g/mol. The molecule has 0 saturated carbocycles. The fourth-order valence-electron chi connectivity index (χ4n) is 4.24. The average Bonchev–Trinajstić information content (AvgIpc) is 3.56. The van der Waals surface area contributed by atoms with Gasteiger partial charge in [0.05, 0.1) is 17.7 Å². The first kappa shape index (κ1) is 22.3. The van der Waals surface area contributed by atoms with Gasteiger partial charge in [-0.05, 0) is 54.1 Å². The van der Waals surface area contributed by atoms with Crippen molar-refractivity contribution in [2.45, 2.75) is 25.4 Å². The minimum absolute atomic E-state index is 0.114.